The Bertz CT molecular complexity index is 520. The zero-order valence-corrected chi connectivity index (χ0v) is 12.0. The van der Waals surface area contributed by atoms with E-state index in [1.54, 1.807) is 0 Å². The third-order valence-electron chi connectivity index (χ3n) is 4.67. The summed E-state index contributed by atoms with van der Waals surface area (Å²) in [6.07, 6.45) is 0.493. The smallest absolute Gasteiger partial charge is 0.308 e. The number of piperidine rings is 1. The van der Waals surface area contributed by atoms with E-state index in [1.165, 1.54) is 7.11 Å². The average molecular weight is 295 g/mol. The molecule has 2 fully saturated rings. The molecule has 0 spiro atoms. The first-order valence-electron chi connectivity index (χ1n) is 7.26. The predicted octanol–water partition coefficient (Wildman–Crippen LogP) is 2.85. The Kier molecular flexibility index (Phi) is 3.69. The fourth-order valence-electron chi connectivity index (χ4n) is 3.68. The lowest BCUT2D eigenvalue weighted by atomic mass is 9.90. The first kappa shape index (κ1) is 14.4. The van der Waals surface area contributed by atoms with Crippen LogP contribution in [-0.4, -0.2) is 36.0 Å². The summed E-state index contributed by atoms with van der Waals surface area (Å²) in [5, 5.41) is 0. The maximum atomic E-state index is 14.2. The van der Waals surface area contributed by atoms with Gasteiger partial charge in [0.1, 0.15) is 0 Å². The van der Waals surface area contributed by atoms with E-state index in [0.29, 0.717) is 13.0 Å². The van der Waals surface area contributed by atoms with E-state index in [2.05, 4.69) is 0 Å². The van der Waals surface area contributed by atoms with E-state index in [4.69, 9.17) is 4.74 Å². The molecule has 1 aromatic carbocycles. The number of rotatable bonds is 3. The molecule has 3 unspecified atom stereocenters. The lowest BCUT2D eigenvalue weighted by molar-refractivity contribution is -0.149. The minimum atomic E-state index is -2.72. The fraction of sp³-hybridized carbons (Fsp3) is 0.562. The number of alkyl halides is 2. The van der Waals surface area contributed by atoms with Gasteiger partial charge in [0.2, 0.25) is 0 Å². The van der Waals surface area contributed by atoms with Gasteiger partial charge in [-0.15, -0.1) is 0 Å². The van der Waals surface area contributed by atoms with Crippen molar-refractivity contribution in [2.45, 2.75) is 43.8 Å². The Labute approximate surface area is 122 Å². The molecular weight excluding hydrogens is 276 g/mol. The van der Waals surface area contributed by atoms with E-state index in [9.17, 15) is 13.6 Å². The van der Waals surface area contributed by atoms with Gasteiger partial charge in [-0.2, -0.15) is 0 Å². The van der Waals surface area contributed by atoms with Crippen LogP contribution in [0.15, 0.2) is 30.3 Å². The van der Waals surface area contributed by atoms with Gasteiger partial charge in [-0.1, -0.05) is 30.3 Å². The van der Waals surface area contributed by atoms with Crippen LogP contribution in [0.1, 0.15) is 24.8 Å². The minimum Gasteiger partial charge on any atom is -0.469 e. The molecule has 114 valence electrons. The number of fused-ring (bicyclic) bond motifs is 2. The molecular formula is C16H19F2NO2. The van der Waals surface area contributed by atoms with E-state index in [0.717, 1.165) is 5.56 Å². The summed E-state index contributed by atoms with van der Waals surface area (Å²) in [6, 6.07) is 8.53. The Balaban J connectivity index is 1.79. The molecule has 2 aliphatic heterocycles. The number of nitrogens with zero attached hydrogens (tertiary/aromatic N) is 1. The van der Waals surface area contributed by atoms with Crippen molar-refractivity contribution in [3.8, 4) is 0 Å². The predicted molar refractivity (Wildman–Crippen MR) is 73.9 cm³/mol. The summed E-state index contributed by atoms with van der Waals surface area (Å²) in [6.45, 7) is 0.514. The third kappa shape index (κ3) is 2.67. The third-order valence-corrected chi connectivity index (χ3v) is 4.67. The van der Waals surface area contributed by atoms with E-state index in [-0.39, 0.29) is 24.9 Å². The SMILES string of the molecule is COC(=O)C1CC2CC(F)(F)C(C1)N2Cc1ccccc1. The summed E-state index contributed by atoms with van der Waals surface area (Å²) in [4.78, 5) is 13.5. The first-order valence-corrected chi connectivity index (χ1v) is 7.26. The van der Waals surface area contributed by atoms with Crippen molar-refractivity contribution in [3.63, 3.8) is 0 Å². The lowest BCUT2D eigenvalue weighted by Crippen LogP contribution is -2.47. The number of halogens is 2. The van der Waals surface area contributed by atoms with Crippen molar-refractivity contribution in [2.75, 3.05) is 7.11 Å². The molecule has 0 radical (unpaired) electrons. The minimum absolute atomic E-state index is 0.155. The Morgan fingerprint density at radius 2 is 2.05 bits per heavy atom. The van der Waals surface area contributed by atoms with E-state index < -0.39 is 17.9 Å². The van der Waals surface area contributed by atoms with Gasteiger partial charge >= 0.3 is 5.97 Å². The number of esters is 1. The van der Waals surface area contributed by atoms with Crippen LogP contribution < -0.4 is 0 Å². The van der Waals surface area contributed by atoms with Crippen LogP contribution in [0.4, 0.5) is 8.78 Å². The van der Waals surface area contributed by atoms with Crippen molar-refractivity contribution in [2.24, 2.45) is 5.92 Å². The standard InChI is InChI=1S/C16H19F2NO2/c1-21-15(20)12-7-13-9-16(17,18)14(8-12)19(13)10-11-5-3-2-4-6-11/h2-6,12-14H,7-10H2,1H3. The number of methoxy groups -OCH3 is 1. The molecule has 3 atom stereocenters. The summed E-state index contributed by atoms with van der Waals surface area (Å²) < 4.78 is 33.1. The van der Waals surface area contributed by atoms with Crippen LogP contribution in [0, 0.1) is 5.92 Å². The second-order valence-corrected chi connectivity index (χ2v) is 5.98. The molecule has 2 heterocycles. The molecule has 0 aliphatic carbocycles. The topological polar surface area (TPSA) is 29.5 Å². The molecule has 0 amide bonds. The van der Waals surface area contributed by atoms with Gasteiger partial charge in [-0.05, 0) is 18.4 Å². The monoisotopic (exact) mass is 295 g/mol. The molecule has 1 aromatic rings. The zero-order valence-electron chi connectivity index (χ0n) is 12.0. The van der Waals surface area contributed by atoms with Crippen LogP contribution in [0.2, 0.25) is 0 Å². The highest BCUT2D eigenvalue weighted by Crippen LogP contribution is 2.48. The number of benzene rings is 1. The lowest BCUT2D eigenvalue weighted by Gasteiger charge is -2.38. The number of ether oxygens (including phenoxy) is 1. The molecule has 3 rings (SSSR count). The van der Waals surface area contributed by atoms with Crippen LogP contribution >= 0.6 is 0 Å². The second-order valence-electron chi connectivity index (χ2n) is 5.98. The molecule has 3 nitrogen and oxygen atoms in total. The number of carbonyl (C=O) groups is 1. The summed E-state index contributed by atoms with van der Waals surface area (Å²) >= 11 is 0. The highest BCUT2D eigenvalue weighted by molar-refractivity contribution is 5.72. The molecule has 5 heteroatoms. The largest absolute Gasteiger partial charge is 0.469 e. The summed E-state index contributed by atoms with van der Waals surface area (Å²) in [7, 11) is 1.32. The van der Waals surface area contributed by atoms with Crippen LogP contribution in [0.5, 0.6) is 0 Å². The van der Waals surface area contributed by atoms with Gasteiger partial charge in [0.25, 0.3) is 5.92 Å². The van der Waals surface area contributed by atoms with E-state index >= 15 is 0 Å². The van der Waals surface area contributed by atoms with Gasteiger partial charge in [-0.3, -0.25) is 9.69 Å². The second kappa shape index (κ2) is 5.37. The molecule has 0 aromatic heterocycles. The van der Waals surface area contributed by atoms with Crippen molar-refractivity contribution >= 4 is 5.97 Å². The molecule has 2 aliphatic rings. The quantitative estimate of drug-likeness (QED) is 0.803. The van der Waals surface area contributed by atoms with Gasteiger partial charge < -0.3 is 4.74 Å². The Hall–Kier alpha value is -1.49. The Morgan fingerprint density at radius 1 is 1.33 bits per heavy atom. The van der Waals surface area contributed by atoms with Crippen molar-refractivity contribution in [3.05, 3.63) is 35.9 Å². The zero-order chi connectivity index (χ0) is 15.0. The van der Waals surface area contributed by atoms with Gasteiger partial charge in [0, 0.05) is 19.0 Å². The van der Waals surface area contributed by atoms with Crippen molar-refractivity contribution in [1.82, 2.24) is 4.90 Å². The maximum absolute atomic E-state index is 14.2. The van der Waals surface area contributed by atoms with Crippen LogP contribution in [0.25, 0.3) is 0 Å². The normalized spacial score (nSPS) is 31.1. The van der Waals surface area contributed by atoms with Crippen LogP contribution in [-0.2, 0) is 16.1 Å². The fourth-order valence-corrected chi connectivity index (χ4v) is 3.68. The van der Waals surface area contributed by atoms with Gasteiger partial charge in [0.05, 0.1) is 19.1 Å². The molecule has 0 N–H and O–H groups in total. The highest BCUT2D eigenvalue weighted by atomic mass is 19.3. The van der Waals surface area contributed by atoms with Crippen molar-refractivity contribution < 1.29 is 18.3 Å². The highest BCUT2D eigenvalue weighted by Gasteiger charge is 2.58. The Morgan fingerprint density at radius 3 is 2.67 bits per heavy atom. The van der Waals surface area contributed by atoms with E-state index in [1.807, 2.05) is 35.2 Å². The number of hydrogen-bond donors (Lipinski definition) is 0. The average Bonchev–Trinajstić information content (AvgIpc) is 2.62. The molecule has 0 saturated carbocycles. The molecule has 21 heavy (non-hydrogen) atoms. The number of carbonyl (C=O) groups excluding carboxylic acids is 1. The number of hydrogen-bond acceptors (Lipinski definition) is 3. The van der Waals surface area contributed by atoms with Crippen molar-refractivity contribution in [1.29, 1.82) is 0 Å². The first-order chi connectivity index (χ1) is 10.0. The van der Waals surface area contributed by atoms with Gasteiger partial charge in [-0.25, -0.2) is 8.78 Å². The van der Waals surface area contributed by atoms with Gasteiger partial charge in [0.15, 0.2) is 0 Å². The molecule has 2 bridgehead atoms. The molecule has 2 saturated heterocycles. The maximum Gasteiger partial charge on any atom is 0.308 e. The summed E-state index contributed by atoms with van der Waals surface area (Å²) in [5.74, 6) is -3.48. The van der Waals surface area contributed by atoms with Crippen LogP contribution in [0.3, 0.4) is 0 Å². The summed E-state index contributed by atoms with van der Waals surface area (Å²) in [5.41, 5.74) is 1.03.